The quantitative estimate of drug-likeness (QED) is 0.761. The monoisotopic (exact) mass is 306 g/mol. The Bertz CT molecular complexity index is 605. The van der Waals surface area contributed by atoms with Gasteiger partial charge in [-0.15, -0.1) is 0 Å². The molecule has 0 aromatic carbocycles. The van der Waals surface area contributed by atoms with E-state index in [2.05, 4.69) is 44.4 Å². The molecule has 2 aromatic heterocycles. The summed E-state index contributed by atoms with van der Waals surface area (Å²) in [5.41, 5.74) is 1.58. The Morgan fingerprint density at radius 3 is 3.05 bits per heavy atom. The first kappa shape index (κ1) is 14.4. The summed E-state index contributed by atoms with van der Waals surface area (Å²) in [5, 5.41) is 6.72. The molecule has 0 bridgehead atoms. The third-order valence-corrected chi connectivity index (χ3v) is 5.29. The highest BCUT2D eigenvalue weighted by Crippen LogP contribution is 2.37. The van der Waals surface area contributed by atoms with E-state index >= 15 is 0 Å². The van der Waals surface area contributed by atoms with Crippen LogP contribution in [0.25, 0.3) is 11.2 Å². The zero-order chi connectivity index (χ0) is 14.7. The van der Waals surface area contributed by atoms with Crippen molar-refractivity contribution in [3.05, 3.63) is 6.33 Å². The molecule has 1 unspecified atom stereocenters. The van der Waals surface area contributed by atoms with Gasteiger partial charge in [-0.25, -0.2) is 4.98 Å². The van der Waals surface area contributed by atoms with Gasteiger partial charge in [-0.1, -0.05) is 6.92 Å². The number of anilines is 2. The first-order valence-corrected chi connectivity index (χ1v) is 8.51. The molecule has 1 fully saturated rings. The van der Waals surface area contributed by atoms with E-state index in [0.717, 1.165) is 30.8 Å². The van der Waals surface area contributed by atoms with E-state index in [9.17, 15) is 0 Å². The summed E-state index contributed by atoms with van der Waals surface area (Å²) in [4.78, 5) is 16.4. The molecule has 1 saturated heterocycles. The molecule has 6 nitrogen and oxygen atoms in total. The van der Waals surface area contributed by atoms with Gasteiger partial charge in [-0.05, 0) is 31.9 Å². The van der Waals surface area contributed by atoms with Gasteiger partial charge >= 0.3 is 0 Å². The molecule has 1 aliphatic rings. The average molecular weight is 306 g/mol. The minimum absolute atomic E-state index is 0.300. The van der Waals surface area contributed by atoms with Crippen LogP contribution in [0.2, 0.25) is 0 Å². The molecule has 21 heavy (non-hydrogen) atoms. The zero-order valence-electron chi connectivity index (χ0n) is 12.6. The molecular weight excluding hydrogens is 284 g/mol. The van der Waals surface area contributed by atoms with Crippen LogP contribution in [0.5, 0.6) is 0 Å². The SMILES string of the molecule is CCCNc1nc(NCC2(C)CCCS2)c2[nH]cnc2n1. The summed E-state index contributed by atoms with van der Waals surface area (Å²) in [6.45, 7) is 6.22. The molecule has 3 N–H and O–H groups in total. The van der Waals surface area contributed by atoms with Gasteiger partial charge < -0.3 is 15.6 Å². The lowest BCUT2D eigenvalue weighted by molar-refractivity contribution is 0.634. The van der Waals surface area contributed by atoms with Gasteiger partial charge in [0.2, 0.25) is 5.95 Å². The second-order valence-corrected chi connectivity index (χ2v) is 7.36. The summed E-state index contributed by atoms with van der Waals surface area (Å²) in [6.07, 6.45) is 5.26. The molecule has 0 aliphatic carbocycles. The number of nitrogens with zero attached hydrogens (tertiary/aromatic N) is 3. The number of aromatic amines is 1. The number of rotatable bonds is 6. The Labute approximate surface area is 128 Å². The Kier molecular flexibility index (Phi) is 4.19. The van der Waals surface area contributed by atoms with Gasteiger partial charge in [-0.3, -0.25) is 0 Å². The van der Waals surface area contributed by atoms with Crippen LogP contribution >= 0.6 is 11.8 Å². The van der Waals surface area contributed by atoms with Crippen LogP contribution in [0.15, 0.2) is 6.33 Å². The van der Waals surface area contributed by atoms with E-state index in [1.54, 1.807) is 6.33 Å². The third kappa shape index (κ3) is 3.23. The van der Waals surface area contributed by atoms with Gasteiger partial charge in [0.1, 0.15) is 5.52 Å². The van der Waals surface area contributed by atoms with Crippen LogP contribution in [-0.4, -0.2) is 43.5 Å². The maximum absolute atomic E-state index is 4.59. The number of imidazole rings is 1. The van der Waals surface area contributed by atoms with Crippen molar-refractivity contribution in [1.29, 1.82) is 0 Å². The first-order chi connectivity index (χ1) is 10.2. The molecule has 1 aliphatic heterocycles. The number of aromatic nitrogens is 4. The highest BCUT2D eigenvalue weighted by molar-refractivity contribution is 8.00. The van der Waals surface area contributed by atoms with Crippen LogP contribution in [0.4, 0.5) is 11.8 Å². The Hall–Kier alpha value is -1.50. The average Bonchev–Trinajstić information content (AvgIpc) is 3.12. The summed E-state index contributed by atoms with van der Waals surface area (Å²) in [7, 11) is 0. The largest absolute Gasteiger partial charge is 0.367 e. The minimum atomic E-state index is 0.300. The molecule has 0 radical (unpaired) electrons. The van der Waals surface area contributed by atoms with Crippen molar-refractivity contribution in [1.82, 2.24) is 19.9 Å². The molecule has 1 atom stereocenters. The Morgan fingerprint density at radius 2 is 2.29 bits per heavy atom. The fraction of sp³-hybridized carbons (Fsp3) is 0.643. The van der Waals surface area contributed by atoms with Crippen molar-refractivity contribution in [2.24, 2.45) is 0 Å². The van der Waals surface area contributed by atoms with Crippen molar-refractivity contribution in [2.45, 2.75) is 37.9 Å². The molecule has 114 valence electrons. The fourth-order valence-electron chi connectivity index (χ4n) is 2.52. The molecule has 0 saturated carbocycles. The molecular formula is C14H22N6S. The van der Waals surface area contributed by atoms with Crippen LogP contribution in [0.1, 0.15) is 33.1 Å². The molecule has 3 heterocycles. The van der Waals surface area contributed by atoms with Gasteiger partial charge in [-0.2, -0.15) is 21.7 Å². The fourth-order valence-corrected chi connectivity index (χ4v) is 3.77. The lowest BCUT2D eigenvalue weighted by Gasteiger charge is -2.23. The Morgan fingerprint density at radius 1 is 1.38 bits per heavy atom. The molecule has 0 spiro atoms. The normalized spacial score (nSPS) is 21.8. The molecule has 0 amide bonds. The molecule has 2 aromatic rings. The second-order valence-electron chi connectivity index (χ2n) is 5.68. The highest BCUT2D eigenvalue weighted by Gasteiger charge is 2.29. The van der Waals surface area contributed by atoms with E-state index in [-0.39, 0.29) is 0 Å². The number of hydrogen-bond donors (Lipinski definition) is 3. The highest BCUT2D eigenvalue weighted by atomic mass is 32.2. The van der Waals surface area contributed by atoms with Gasteiger partial charge in [0.15, 0.2) is 11.5 Å². The van der Waals surface area contributed by atoms with Crippen molar-refractivity contribution in [2.75, 3.05) is 29.5 Å². The van der Waals surface area contributed by atoms with Crippen LogP contribution in [0, 0.1) is 0 Å². The predicted molar refractivity (Wildman–Crippen MR) is 89.1 cm³/mol. The van der Waals surface area contributed by atoms with Crippen molar-refractivity contribution < 1.29 is 0 Å². The number of thioether (sulfide) groups is 1. The van der Waals surface area contributed by atoms with E-state index in [1.165, 1.54) is 18.6 Å². The smallest absolute Gasteiger partial charge is 0.226 e. The predicted octanol–water partition coefficient (Wildman–Crippen LogP) is 2.87. The van der Waals surface area contributed by atoms with Gasteiger partial charge in [0.25, 0.3) is 0 Å². The summed E-state index contributed by atoms with van der Waals surface area (Å²) >= 11 is 2.04. The summed E-state index contributed by atoms with van der Waals surface area (Å²) in [6, 6.07) is 0. The zero-order valence-corrected chi connectivity index (χ0v) is 13.4. The van der Waals surface area contributed by atoms with Crippen molar-refractivity contribution in [3.63, 3.8) is 0 Å². The van der Waals surface area contributed by atoms with E-state index < -0.39 is 0 Å². The van der Waals surface area contributed by atoms with E-state index in [0.29, 0.717) is 16.3 Å². The Balaban J connectivity index is 1.80. The van der Waals surface area contributed by atoms with Gasteiger partial charge in [0.05, 0.1) is 6.33 Å². The summed E-state index contributed by atoms with van der Waals surface area (Å²) in [5.74, 6) is 2.73. The lowest BCUT2D eigenvalue weighted by atomic mass is 10.1. The van der Waals surface area contributed by atoms with Crippen LogP contribution in [0.3, 0.4) is 0 Å². The van der Waals surface area contributed by atoms with Crippen LogP contribution < -0.4 is 10.6 Å². The number of H-pyrrole nitrogens is 1. The number of hydrogen-bond acceptors (Lipinski definition) is 6. The van der Waals surface area contributed by atoms with E-state index in [4.69, 9.17) is 0 Å². The number of fused-ring (bicyclic) bond motifs is 1. The van der Waals surface area contributed by atoms with Crippen molar-refractivity contribution >= 4 is 34.7 Å². The first-order valence-electron chi connectivity index (χ1n) is 7.53. The maximum atomic E-state index is 4.59. The molecule has 7 heteroatoms. The van der Waals surface area contributed by atoms with Gasteiger partial charge in [0, 0.05) is 17.8 Å². The maximum Gasteiger partial charge on any atom is 0.226 e. The number of nitrogens with one attached hydrogen (secondary N) is 3. The standard InChI is InChI=1S/C14H22N6S/c1-3-6-15-13-19-11(10-12(20-13)18-9-17-10)16-8-14(2)5-4-7-21-14/h9H,3-8H2,1-2H3,(H3,15,16,17,18,19,20). The lowest BCUT2D eigenvalue weighted by Crippen LogP contribution is -2.27. The van der Waals surface area contributed by atoms with Crippen molar-refractivity contribution in [3.8, 4) is 0 Å². The van der Waals surface area contributed by atoms with E-state index in [1.807, 2.05) is 11.8 Å². The second kappa shape index (κ2) is 6.09. The third-order valence-electron chi connectivity index (χ3n) is 3.75. The topological polar surface area (TPSA) is 78.5 Å². The summed E-state index contributed by atoms with van der Waals surface area (Å²) < 4.78 is 0.300. The van der Waals surface area contributed by atoms with Crippen LogP contribution in [-0.2, 0) is 0 Å². The molecule has 3 rings (SSSR count). The minimum Gasteiger partial charge on any atom is -0.367 e.